The highest BCUT2D eigenvalue weighted by Crippen LogP contribution is 2.39. The van der Waals surface area contributed by atoms with Crippen LogP contribution in [0, 0.1) is 5.41 Å². The SMILES string of the molecule is CCCNC1CC(C)(C)CCc2ccc(CC)cc21. The molecule has 0 saturated heterocycles. The molecule has 1 aliphatic carbocycles. The molecule has 0 fully saturated rings. The molecule has 1 N–H and O–H groups in total. The first-order valence-corrected chi connectivity index (χ1v) is 7.91. The van der Waals surface area contributed by atoms with Gasteiger partial charge in [-0.3, -0.25) is 0 Å². The van der Waals surface area contributed by atoms with Gasteiger partial charge in [-0.05, 0) is 60.8 Å². The van der Waals surface area contributed by atoms with E-state index in [4.69, 9.17) is 0 Å². The third-order valence-electron chi connectivity index (χ3n) is 4.46. The molecule has 0 spiro atoms. The number of hydrogen-bond acceptors (Lipinski definition) is 1. The van der Waals surface area contributed by atoms with Gasteiger partial charge < -0.3 is 5.32 Å². The Hall–Kier alpha value is -0.820. The zero-order valence-electron chi connectivity index (χ0n) is 13.1. The molecule has 0 radical (unpaired) electrons. The summed E-state index contributed by atoms with van der Waals surface area (Å²) in [6.07, 6.45) is 6.14. The Bertz CT molecular complexity index is 420. The molecule has 106 valence electrons. The fourth-order valence-corrected chi connectivity index (χ4v) is 3.15. The number of benzene rings is 1. The third kappa shape index (κ3) is 3.60. The maximum atomic E-state index is 3.77. The summed E-state index contributed by atoms with van der Waals surface area (Å²) >= 11 is 0. The number of aryl methyl sites for hydroxylation is 2. The summed E-state index contributed by atoms with van der Waals surface area (Å²) < 4.78 is 0. The largest absolute Gasteiger partial charge is 0.310 e. The summed E-state index contributed by atoms with van der Waals surface area (Å²) in [5.41, 5.74) is 5.05. The molecule has 2 rings (SSSR count). The minimum Gasteiger partial charge on any atom is -0.310 e. The molecule has 1 heteroatoms. The Balaban J connectivity index is 2.33. The van der Waals surface area contributed by atoms with Crippen LogP contribution in [0.1, 0.15) is 69.7 Å². The molecular formula is C18H29N. The van der Waals surface area contributed by atoms with Gasteiger partial charge in [0.1, 0.15) is 0 Å². The van der Waals surface area contributed by atoms with Crippen molar-refractivity contribution in [3.63, 3.8) is 0 Å². The molecule has 0 aliphatic heterocycles. The van der Waals surface area contributed by atoms with Crippen molar-refractivity contribution in [2.45, 2.75) is 65.8 Å². The van der Waals surface area contributed by atoms with Crippen LogP contribution < -0.4 is 5.32 Å². The number of fused-ring (bicyclic) bond motifs is 1. The molecule has 0 heterocycles. The van der Waals surface area contributed by atoms with Gasteiger partial charge >= 0.3 is 0 Å². The lowest BCUT2D eigenvalue weighted by Crippen LogP contribution is -2.26. The quantitative estimate of drug-likeness (QED) is 0.776. The first-order valence-electron chi connectivity index (χ1n) is 7.91. The van der Waals surface area contributed by atoms with Crippen molar-refractivity contribution >= 4 is 0 Å². The molecule has 0 bridgehead atoms. The molecule has 1 aliphatic rings. The van der Waals surface area contributed by atoms with E-state index in [-0.39, 0.29) is 0 Å². The molecule has 0 saturated carbocycles. The second-order valence-corrected chi connectivity index (χ2v) is 6.76. The average molecular weight is 259 g/mol. The fraction of sp³-hybridized carbons (Fsp3) is 0.667. The van der Waals surface area contributed by atoms with Crippen LogP contribution in [0.3, 0.4) is 0 Å². The van der Waals surface area contributed by atoms with Gasteiger partial charge in [-0.15, -0.1) is 0 Å². The van der Waals surface area contributed by atoms with E-state index in [1.807, 2.05) is 0 Å². The van der Waals surface area contributed by atoms with Crippen molar-refractivity contribution in [1.29, 1.82) is 0 Å². The standard InChI is InChI=1S/C18H29N/c1-5-11-19-17-13-18(3,4)10-9-15-8-7-14(6-2)12-16(15)17/h7-8,12,17,19H,5-6,9-11,13H2,1-4H3. The highest BCUT2D eigenvalue weighted by atomic mass is 14.9. The summed E-state index contributed by atoms with van der Waals surface area (Å²) in [5.74, 6) is 0. The van der Waals surface area contributed by atoms with E-state index >= 15 is 0 Å². The lowest BCUT2D eigenvalue weighted by molar-refractivity contribution is 0.273. The molecule has 0 aromatic heterocycles. The smallest absolute Gasteiger partial charge is 0.0328 e. The predicted molar refractivity (Wildman–Crippen MR) is 83.6 cm³/mol. The molecule has 0 amide bonds. The van der Waals surface area contributed by atoms with Crippen molar-refractivity contribution in [3.05, 3.63) is 34.9 Å². The average Bonchev–Trinajstić information content (AvgIpc) is 2.53. The Morgan fingerprint density at radius 3 is 2.74 bits per heavy atom. The predicted octanol–water partition coefficient (Wildman–Crippen LogP) is 4.65. The lowest BCUT2D eigenvalue weighted by Gasteiger charge is -2.28. The molecule has 1 atom stereocenters. The van der Waals surface area contributed by atoms with Gasteiger partial charge in [0.15, 0.2) is 0 Å². The maximum Gasteiger partial charge on any atom is 0.0328 e. The van der Waals surface area contributed by atoms with E-state index in [0.717, 1.165) is 13.0 Å². The Labute approximate surface area is 118 Å². The Morgan fingerprint density at radius 2 is 2.05 bits per heavy atom. The summed E-state index contributed by atoms with van der Waals surface area (Å²) in [4.78, 5) is 0. The van der Waals surface area contributed by atoms with Gasteiger partial charge in [0.05, 0.1) is 0 Å². The van der Waals surface area contributed by atoms with Crippen LogP contribution in [0.2, 0.25) is 0 Å². The minimum absolute atomic E-state index is 0.441. The van der Waals surface area contributed by atoms with E-state index < -0.39 is 0 Å². The highest BCUT2D eigenvalue weighted by molar-refractivity contribution is 5.36. The second-order valence-electron chi connectivity index (χ2n) is 6.76. The first-order chi connectivity index (χ1) is 9.05. The van der Waals surface area contributed by atoms with E-state index in [1.165, 1.54) is 31.2 Å². The first kappa shape index (κ1) is 14.6. The summed E-state index contributed by atoms with van der Waals surface area (Å²) in [5, 5.41) is 3.77. The molecule has 1 nitrogen and oxygen atoms in total. The third-order valence-corrected chi connectivity index (χ3v) is 4.46. The van der Waals surface area contributed by atoms with E-state index in [2.05, 4.69) is 51.2 Å². The van der Waals surface area contributed by atoms with Crippen LogP contribution in [0.25, 0.3) is 0 Å². The van der Waals surface area contributed by atoms with Crippen LogP contribution in [0.5, 0.6) is 0 Å². The van der Waals surface area contributed by atoms with Gasteiger partial charge in [0, 0.05) is 6.04 Å². The van der Waals surface area contributed by atoms with Crippen LogP contribution in [0.15, 0.2) is 18.2 Å². The van der Waals surface area contributed by atoms with Crippen LogP contribution in [-0.2, 0) is 12.8 Å². The van der Waals surface area contributed by atoms with E-state index in [1.54, 1.807) is 11.1 Å². The zero-order valence-corrected chi connectivity index (χ0v) is 13.1. The monoisotopic (exact) mass is 259 g/mol. The van der Waals surface area contributed by atoms with Crippen LogP contribution >= 0.6 is 0 Å². The van der Waals surface area contributed by atoms with Crippen molar-refractivity contribution in [2.75, 3.05) is 6.54 Å². The van der Waals surface area contributed by atoms with Gasteiger partial charge in [-0.2, -0.15) is 0 Å². The van der Waals surface area contributed by atoms with Crippen LogP contribution in [0.4, 0.5) is 0 Å². The fourth-order valence-electron chi connectivity index (χ4n) is 3.15. The van der Waals surface area contributed by atoms with Gasteiger partial charge in [-0.25, -0.2) is 0 Å². The highest BCUT2D eigenvalue weighted by Gasteiger charge is 2.29. The van der Waals surface area contributed by atoms with Gasteiger partial charge in [0.25, 0.3) is 0 Å². The Morgan fingerprint density at radius 1 is 1.26 bits per heavy atom. The van der Waals surface area contributed by atoms with Crippen molar-refractivity contribution in [2.24, 2.45) is 5.41 Å². The van der Waals surface area contributed by atoms with Crippen LogP contribution in [-0.4, -0.2) is 6.54 Å². The molecular weight excluding hydrogens is 230 g/mol. The number of hydrogen-bond donors (Lipinski definition) is 1. The number of rotatable bonds is 4. The molecule has 19 heavy (non-hydrogen) atoms. The van der Waals surface area contributed by atoms with Crippen molar-refractivity contribution in [3.8, 4) is 0 Å². The molecule has 1 aromatic carbocycles. The van der Waals surface area contributed by atoms with Gasteiger partial charge in [0.2, 0.25) is 0 Å². The maximum absolute atomic E-state index is 3.77. The van der Waals surface area contributed by atoms with Crippen molar-refractivity contribution in [1.82, 2.24) is 5.32 Å². The summed E-state index contributed by atoms with van der Waals surface area (Å²) in [7, 11) is 0. The lowest BCUT2D eigenvalue weighted by atomic mass is 9.83. The topological polar surface area (TPSA) is 12.0 Å². The summed E-state index contributed by atoms with van der Waals surface area (Å²) in [6.45, 7) is 10.5. The number of nitrogens with one attached hydrogen (secondary N) is 1. The normalized spacial score (nSPS) is 21.8. The van der Waals surface area contributed by atoms with Crippen molar-refractivity contribution < 1.29 is 0 Å². The van der Waals surface area contributed by atoms with E-state index in [0.29, 0.717) is 11.5 Å². The zero-order chi connectivity index (χ0) is 13.9. The second kappa shape index (κ2) is 6.09. The minimum atomic E-state index is 0.441. The Kier molecular flexibility index (Phi) is 4.67. The summed E-state index contributed by atoms with van der Waals surface area (Å²) in [6, 6.07) is 7.67. The van der Waals surface area contributed by atoms with Gasteiger partial charge in [-0.1, -0.05) is 45.9 Å². The molecule has 1 aromatic rings. The molecule has 1 unspecified atom stereocenters. The van der Waals surface area contributed by atoms with E-state index in [9.17, 15) is 0 Å².